The van der Waals surface area contributed by atoms with E-state index >= 15 is 0 Å². The molecule has 0 bridgehead atoms. The van der Waals surface area contributed by atoms with Crippen molar-refractivity contribution in [3.05, 3.63) is 42.5 Å². The quantitative estimate of drug-likeness (QED) is 0.712. The number of ketones is 1. The molecule has 0 saturated carbocycles. The molecule has 1 heterocycles. The summed E-state index contributed by atoms with van der Waals surface area (Å²) in [6.07, 6.45) is 1.67. The van der Waals surface area contributed by atoms with Crippen LogP contribution >= 0.6 is 0 Å². The van der Waals surface area contributed by atoms with Gasteiger partial charge in [-0.05, 0) is 11.6 Å². The molecule has 82 valence electrons. The Labute approximate surface area is 92.9 Å². The van der Waals surface area contributed by atoms with Crippen LogP contribution in [0.2, 0.25) is 0 Å². The van der Waals surface area contributed by atoms with Crippen LogP contribution in [0.3, 0.4) is 0 Å². The molecule has 0 radical (unpaired) electrons. The van der Waals surface area contributed by atoms with Crippen LogP contribution in [0.25, 0.3) is 0 Å². The number of hydrogen-bond acceptors (Lipinski definition) is 3. The van der Waals surface area contributed by atoms with Gasteiger partial charge in [-0.15, -0.1) is 11.7 Å². The standard InChI is InChI=1S/C12H11FN2O/c1-2-7-15-10-6-4-3-5-9(10)8-11(16)12(13)14-15/h2-6H,1,7-8H2. The van der Waals surface area contributed by atoms with Crippen LogP contribution in [0.15, 0.2) is 42.0 Å². The number of Topliss-reactive ketones (excluding diaryl/α,β-unsaturated/α-hetero) is 1. The number of carbonyl (C=O) groups excluding carboxylic acids is 1. The van der Waals surface area contributed by atoms with E-state index in [1.807, 2.05) is 18.2 Å². The summed E-state index contributed by atoms with van der Waals surface area (Å²) >= 11 is 0. The Morgan fingerprint density at radius 3 is 3.00 bits per heavy atom. The van der Waals surface area contributed by atoms with Gasteiger partial charge in [-0.1, -0.05) is 24.3 Å². The van der Waals surface area contributed by atoms with Gasteiger partial charge < -0.3 is 0 Å². The summed E-state index contributed by atoms with van der Waals surface area (Å²) in [4.78, 5) is 11.4. The average molecular weight is 218 g/mol. The van der Waals surface area contributed by atoms with Gasteiger partial charge in [0.2, 0.25) is 5.78 Å². The van der Waals surface area contributed by atoms with E-state index < -0.39 is 11.7 Å². The molecule has 0 spiro atoms. The molecular weight excluding hydrogens is 207 g/mol. The topological polar surface area (TPSA) is 32.7 Å². The zero-order chi connectivity index (χ0) is 11.5. The Morgan fingerprint density at radius 1 is 1.50 bits per heavy atom. The highest BCUT2D eigenvalue weighted by Crippen LogP contribution is 2.24. The van der Waals surface area contributed by atoms with Crippen LogP contribution in [0.4, 0.5) is 10.1 Å². The van der Waals surface area contributed by atoms with Crippen LogP contribution in [-0.2, 0) is 11.2 Å². The smallest absolute Gasteiger partial charge is 0.274 e. The molecule has 0 saturated heterocycles. The molecule has 3 nitrogen and oxygen atoms in total. The lowest BCUT2D eigenvalue weighted by Crippen LogP contribution is -2.18. The Bertz CT molecular complexity index is 468. The fourth-order valence-electron chi connectivity index (χ4n) is 1.64. The van der Waals surface area contributed by atoms with E-state index in [2.05, 4.69) is 11.7 Å². The van der Waals surface area contributed by atoms with E-state index in [0.717, 1.165) is 11.3 Å². The van der Waals surface area contributed by atoms with Gasteiger partial charge in [0.1, 0.15) is 0 Å². The summed E-state index contributed by atoms with van der Waals surface area (Å²) in [5, 5.41) is 5.10. The molecular formula is C12H11FN2O. The molecule has 0 aromatic heterocycles. The van der Waals surface area contributed by atoms with Crippen LogP contribution < -0.4 is 5.01 Å². The van der Waals surface area contributed by atoms with Crippen molar-refractivity contribution in [3.63, 3.8) is 0 Å². The van der Waals surface area contributed by atoms with Crippen LogP contribution in [-0.4, -0.2) is 18.3 Å². The SMILES string of the molecule is C=CCN1N=C(F)C(=O)Cc2ccccc21. The molecule has 1 aliphatic heterocycles. The maximum atomic E-state index is 13.3. The van der Waals surface area contributed by atoms with E-state index in [9.17, 15) is 9.18 Å². The number of hydrogen-bond donors (Lipinski definition) is 0. The van der Waals surface area contributed by atoms with E-state index in [4.69, 9.17) is 0 Å². The normalized spacial score (nSPS) is 15.2. The second-order valence-electron chi connectivity index (χ2n) is 3.49. The molecule has 0 aliphatic carbocycles. The highest BCUT2D eigenvalue weighted by molar-refractivity contribution is 6.36. The maximum Gasteiger partial charge on any atom is 0.274 e. The summed E-state index contributed by atoms with van der Waals surface area (Å²) in [6.45, 7) is 3.96. The van der Waals surface area contributed by atoms with E-state index in [0.29, 0.717) is 6.54 Å². The molecule has 1 aromatic carbocycles. The lowest BCUT2D eigenvalue weighted by molar-refractivity contribution is -0.113. The van der Waals surface area contributed by atoms with E-state index in [1.165, 1.54) is 5.01 Å². The molecule has 0 N–H and O–H groups in total. The van der Waals surface area contributed by atoms with Gasteiger partial charge in [0.15, 0.2) is 0 Å². The lowest BCUT2D eigenvalue weighted by atomic mass is 10.1. The molecule has 0 unspecified atom stereocenters. The van der Waals surface area contributed by atoms with Gasteiger partial charge in [0.05, 0.1) is 12.2 Å². The summed E-state index contributed by atoms with van der Waals surface area (Å²) in [5.74, 6) is -1.53. The fraction of sp³-hybridized carbons (Fsp3) is 0.167. The lowest BCUT2D eigenvalue weighted by Gasteiger charge is -2.17. The summed E-state index contributed by atoms with van der Waals surface area (Å²) in [7, 11) is 0. The number of halogens is 1. The first-order valence-electron chi connectivity index (χ1n) is 4.96. The minimum atomic E-state index is -0.946. The second kappa shape index (κ2) is 4.26. The predicted octanol–water partition coefficient (Wildman–Crippen LogP) is 2.09. The number of benzene rings is 1. The number of hydrazone groups is 1. The molecule has 0 amide bonds. The highest BCUT2D eigenvalue weighted by Gasteiger charge is 2.21. The zero-order valence-corrected chi connectivity index (χ0v) is 8.69. The molecule has 0 fully saturated rings. The molecule has 16 heavy (non-hydrogen) atoms. The van der Waals surface area contributed by atoms with Gasteiger partial charge in [-0.3, -0.25) is 9.80 Å². The van der Waals surface area contributed by atoms with Crippen LogP contribution in [0.1, 0.15) is 5.56 Å². The number of para-hydroxylation sites is 1. The molecule has 4 heteroatoms. The first-order chi connectivity index (χ1) is 7.72. The summed E-state index contributed by atoms with van der Waals surface area (Å²) in [6, 6.07) is 7.27. The van der Waals surface area contributed by atoms with E-state index in [1.54, 1.807) is 12.1 Å². The summed E-state index contributed by atoms with van der Waals surface area (Å²) in [5.41, 5.74) is 1.54. The van der Waals surface area contributed by atoms with Crippen molar-refractivity contribution in [1.82, 2.24) is 0 Å². The first-order valence-corrected chi connectivity index (χ1v) is 4.96. The Morgan fingerprint density at radius 2 is 2.25 bits per heavy atom. The Balaban J connectivity index is 2.50. The number of fused-ring (bicyclic) bond motifs is 1. The maximum absolute atomic E-state index is 13.3. The first kappa shape index (κ1) is 10.5. The van der Waals surface area contributed by atoms with Gasteiger partial charge in [0.25, 0.3) is 5.97 Å². The third kappa shape index (κ3) is 1.86. The van der Waals surface area contributed by atoms with Crippen molar-refractivity contribution in [2.45, 2.75) is 6.42 Å². The van der Waals surface area contributed by atoms with Crippen molar-refractivity contribution in [2.24, 2.45) is 5.10 Å². The monoisotopic (exact) mass is 218 g/mol. The van der Waals surface area contributed by atoms with E-state index in [-0.39, 0.29) is 6.42 Å². The Kier molecular flexibility index (Phi) is 2.81. The van der Waals surface area contributed by atoms with Crippen LogP contribution in [0.5, 0.6) is 0 Å². The summed E-state index contributed by atoms with van der Waals surface area (Å²) < 4.78 is 13.3. The van der Waals surface area contributed by atoms with Crippen molar-refractivity contribution in [2.75, 3.05) is 11.6 Å². The highest BCUT2D eigenvalue weighted by atomic mass is 19.1. The van der Waals surface area contributed by atoms with Gasteiger partial charge in [-0.25, -0.2) is 0 Å². The van der Waals surface area contributed by atoms with Gasteiger partial charge >= 0.3 is 0 Å². The minimum absolute atomic E-state index is 0.0547. The predicted molar refractivity (Wildman–Crippen MR) is 61.2 cm³/mol. The average Bonchev–Trinajstić information content (AvgIpc) is 2.39. The van der Waals surface area contributed by atoms with Crippen molar-refractivity contribution >= 4 is 17.4 Å². The molecule has 0 atom stereocenters. The second-order valence-corrected chi connectivity index (χ2v) is 3.49. The van der Waals surface area contributed by atoms with Crippen LogP contribution in [0, 0.1) is 0 Å². The number of anilines is 1. The number of nitrogens with zero attached hydrogens (tertiary/aromatic N) is 2. The molecule has 1 aliphatic rings. The zero-order valence-electron chi connectivity index (χ0n) is 8.69. The largest absolute Gasteiger partial charge is 0.289 e. The molecule has 2 rings (SSSR count). The number of rotatable bonds is 2. The molecule has 1 aromatic rings. The third-order valence-electron chi connectivity index (χ3n) is 2.36. The van der Waals surface area contributed by atoms with Gasteiger partial charge in [0, 0.05) is 6.42 Å². The van der Waals surface area contributed by atoms with Gasteiger partial charge in [-0.2, -0.15) is 4.39 Å². The van der Waals surface area contributed by atoms with Crippen molar-refractivity contribution in [3.8, 4) is 0 Å². The van der Waals surface area contributed by atoms with Crippen molar-refractivity contribution < 1.29 is 9.18 Å². The van der Waals surface area contributed by atoms with Crippen molar-refractivity contribution in [1.29, 1.82) is 0 Å². The minimum Gasteiger partial charge on any atom is -0.289 e. The number of carbonyl (C=O) groups is 1. The fourth-order valence-corrected chi connectivity index (χ4v) is 1.64. The third-order valence-corrected chi connectivity index (χ3v) is 2.36. The Hall–Kier alpha value is -1.97.